The summed E-state index contributed by atoms with van der Waals surface area (Å²) in [5.41, 5.74) is -0.542. The molecule has 0 radical (unpaired) electrons. The smallest absolute Gasteiger partial charge is 0.361 e. The lowest BCUT2D eigenvalue weighted by molar-refractivity contribution is -0.109. The van der Waals surface area contributed by atoms with Crippen molar-refractivity contribution in [1.29, 1.82) is 0 Å². The van der Waals surface area contributed by atoms with Gasteiger partial charge in [0.05, 0.1) is 5.41 Å². The van der Waals surface area contributed by atoms with Gasteiger partial charge in [0.25, 0.3) is 0 Å². The van der Waals surface area contributed by atoms with Gasteiger partial charge in [-0.05, 0) is 18.9 Å². The van der Waals surface area contributed by atoms with Crippen LogP contribution in [-0.2, 0) is 20.6 Å². The van der Waals surface area contributed by atoms with Crippen LogP contribution in [0.5, 0.6) is 5.75 Å². The minimum Gasteiger partial charge on any atom is -0.361 e. The quantitative estimate of drug-likeness (QED) is 0.650. The maximum absolute atomic E-state index is 13.0. The second-order valence-electron chi connectivity index (χ2n) is 3.93. The van der Waals surface area contributed by atoms with Gasteiger partial charge in [-0.15, -0.1) is 0 Å². The molecule has 0 saturated heterocycles. The lowest BCUT2D eigenvalue weighted by atomic mass is 9.97. The zero-order valence-corrected chi connectivity index (χ0v) is 9.41. The molecule has 5 nitrogen and oxygen atoms in total. The molecule has 1 aliphatic carbocycles. The Bertz CT molecular complexity index is 562. The van der Waals surface area contributed by atoms with Crippen LogP contribution >= 0.6 is 0 Å². The predicted molar refractivity (Wildman–Crippen MR) is 55.6 cm³/mol. The van der Waals surface area contributed by atoms with Crippen molar-refractivity contribution in [3.63, 3.8) is 0 Å². The maximum atomic E-state index is 13.0. The van der Waals surface area contributed by atoms with Crippen molar-refractivity contribution in [2.45, 2.75) is 18.3 Å². The topological polar surface area (TPSA) is 80.7 Å². The number of aldehydes is 1. The monoisotopic (exact) mass is 260 g/mol. The average molecular weight is 260 g/mol. The Morgan fingerprint density at radius 1 is 1.41 bits per heavy atom. The number of halogens is 1. The molecule has 1 saturated carbocycles. The summed E-state index contributed by atoms with van der Waals surface area (Å²) in [7, 11) is -4.74. The predicted octanol–water partition coefficient (Wildman–Crippen LogP) is 1.24. The van der Waals surface area contributed by atoms with Crippen molar-refractivity contribution in [2.75, 3.05) is 0 Å². The van der Waals surface area contributed by atoms with Crippen LogP contribution < -0.4 is 4.18 Å². The average Bonchev–Trinajstić information content (AvgIpc) is 2.96. The fourth-order valence-electron chi connectivity index (χ4n) is 1.68. The minimum absolute atomic E-state index is 0.270. The van der Waals surface area contributed by atoms with Gasteiger partial charge < -0.3 is 8.98 Å². The minimum atomic E-state index is -4.74. The first-order chi connectivity index (χ1) is 7.86. The van der Waals surface area contributed by atoms with E-state index in [0.717, 1.165) is 12.1 Å². The van der Waals surface area contributed by atoms with Gasteiger partial charge in [-0.1, -0.05) is 6.07 Å². The van der Waals surface area contributed by atoms with E-state index in [1.165, 1.54) is 6.07 Å². The Labute approximate surface area is 97.2 Å². The van der Waals surface area contributed by atoms with Gasteiger partial charge >= 0.3 is 10.4 Å². The highest BCUT2D eigenvalue weighted by Gasteiger charge is 2.46. The van der Waals surface area contributed by atoms with Crippen LogP contribution in [0.15, 0.2) is 18.2 Å². The van der Waals surface area contributed by atoms with Crippen LogP contribution in [0, 0.1) is 5.82 Å². The Morgan fingerprint density at radius 2 is 2.06 bits per heavy atom. The molecule has 0 spiro atoms. The fourth-order valence-corrected chi connectivity index (χ4v) is 2.04. The molecule has 1 aromatic rings. The SMILES string of the molecule is O=CC1(c2ccc(F)cc2OS(=O)(=O)O)CC1. The van der Waals surface area contributed by atoms with E-state index >= 15 is 0 Å². The van der Waals surface area contributed by atoms with E-state index in [-0.39, 0.29) is 11.3 Å². The summed E-state index contributed by atoms with van der Waals surface area (Å²) in [6.45, 7) is 0. The Morgan fingerprint density at radius 3 is 2.53 bits per heavy atom. The Balaban J connectivity index is 2.49. The van der Waals surface area contributed by atoms with E-state index in [4.69, 9.17) is 4.55 Å². The second-order valence-corrected chi connectivity index (χ2v) is 4.95. The first-order valence-electron chi connectivity index (χ1n) is 4.80. The molecule has 0 unspecified atom stereocenters. The van der Waals surface area contributed by atoms with Gasteiger partial charge in [0.2, 0.25) is 0 Å². The third-order valence-electron chi connectivity index (χ3n) is 2.69. The molecular weight excluding hydrogens is 251 g/mol. The summed E-state index contributed by atoms with van der Waals surface area (Å²) in [6.07, 6.45) is 1.77. The largest absolute Gasteiger partial charge is 0.446 e. The van der Waals surface area contributed by atoms with Crippen LogP contribution in [0.25, 0.3) is 0 Å². The maximum Gasteiger partial charge on any atom is 0.446 e. The number of rotatable bonds is 4. The number of hydrogen-bond acceptors (Lipinski definition) is 4. The molecule has 1 aromatic carbocycles. The molecule has 1 aliphatic rings. The van der Waals surface area contributed by atoms with Crippen molar-refractivity contribution < 1.29 is 26.3 Å². The molecule has 0 atom stereocenters. The van der Waals surface area contributed by atoms with E-state index in [1.54, 1.807) is 0 Å². The van der Waals surface area contributed by atoms with E-state index < -0.39 is 21.6 Å². The molecule has 0 amide bonds. The number of benzene rings is 1. The molecule has 7 heteroatoms. The molecule has 0 bridgehead atoms. The fraction of sp³-hybridized carbons (Fsp3) is 0.300. The molecular formula is C10H9FO5S. The van der Waals surface area contributed by atoms with Gasteiger partial charge in [0.1, 0.15) is 12.1 Å². The Kier molecular flexibility index (Phi) is 2.67. The van der Waals surface area contributed by atoms with Gasteiger partial charge in [0.15, 0.2) is 5.75 Å². The molecule has 1 fully saturated rings. The lowest BCUT2D eigenvalue weighted by Gasteiger charge is -2.12. The highest BCUT2D eigenvalue weighted by Crippen LogP contribution is 2.49. The zero-order chi connectivity index (χ0) is 12.7. The van der Waals surface area contributed by atoms with Crippen LogP contribution in [0.4, 0.5) is 4.39 Å². The summed E-state index contributed by atoms with van der Waals surface area (Å²) in [5.74, 6) is -1.06. The molecule has 17 heavy (non-hydrogen) atoms. The second kappa shape index (κ2) is 3.78. The summed E-state index contributed by atoms with van der Waals surface area (Å²) in [5, 5.41) is 0. The van der Waals surface area contributed by atoms with Gasteiger partial charge in [-0.25, -0.2) is 4.39 Å². The molecule has 0 heterocycles. The highest BCUT2D eigenvalue weighted by atomic mass is 32.3. The molecule has 92 valence electrons. The summed E-state index contributed by atoms with van der Waals surface area (Å²) in [6, 6.07) is 3.22. The standard InChI is InChI=1S/C10H9FO5S/c11-7-1-2-8(10(6-12)3-4-10)9(5-7)16-17(13,14)15/h1-2,5-6H,3-4H2,(H,13,14,15). The first kappa shape index (κ1) is 12.0. The Hall–Kier alpha value is -1.47. The van der Waals surface area contributed by atoms with E-state index in [9.17, 15) is 17.6 Å². The first-order valence-corrected chi connectivity index (χ1v) is 6.16. The summed E-state index contributed by atoms with van der Waals surface area (Å²) < 4.78 is 47.1. The van der Waals surface area contributed by atoms with Gasteiger partial charge in [0, 0.05) is 11.6 Å². The van der Waals surface area contributed by atoms with Crippen LogP contribution in [-0.4, -0.2) is 19.3 Å². The van der Waals surface area contributed by atoms with Crippen molar-refractivity contribution in [1.82, 2.24) is 0 Å². The van der Waals surface area contributed by atoms with Gasteiger partial charge in [-0.3, -0.25) is 4.55 Å². The van der Waals surface area contributed by atoms with Crippen molar-refractivity contribution in [2.24, 2.45) is 0 Å². The van der Waals surface area contributed by atoms with Crippen molar-refractivity contribution in [3.05, 3.63) is 29.6 Å². The van der Waals surface area contributed by atoms with Crippen molar-refractivity contribution >= 4 is 16.7 Å². The van der Waals surface area contributed by atoms with E-state index in [1.807, 2.05) is 0 Å². The van der Waals surface area contributed by atoms with E-state index in [2.05, 4.69) is 4.18 Å². The summed E-state index contributed by atoms with van der Waals surface area (Å²) in [4.78, 5) is 10.9. The van der Waals surface area contributed by atoms with Crippen LogP contribution in [0.1, 0.15) is 18.4 Å². The zero-order valence-electron chi connectivity index (χ0n) is 8.59. The molecule has 1 N–H and O–H groups in total. The third kappa shape index (κ3) is 2.45. The number of carbonyl (C=O) groups is 1. The van der Waals surface area contributed by atoms with Crippen LogP contribution in [0.2, 0.25) is 0 Å². The number of hydrogen-bond donors (Lipinski definition) is 1. The van der Waals surface area contributed by atoms with Crippen molar-refractivity contribution in [3.8, 4) is 5.75 Å². The molecule has 2 rings (SSSR count). The normalized spacial score (nSPS) is 17.5. The number of carbonyl (C=O) groups excluding carboxylic acids is 1. The summed E-state index contributed by atoms with van der Waals surface area (Å²) >= 11 is 0. The highest BCUT2D eigenvalue weighted by molar-refractivity contribution is 7.81. The molecule has 0 aromatic heterocycles. The lowest BCUT2D eigenvalue weighted by Crippen LogP contribution is -2.14. The molecule has 0 aliphatic heterocycles. The third-order valence-corrected chi connectivity index (χ3v) is 3.08. The van der Waals surface area contributed by atoms with E-state index in [0.29, 0.717) is 19.1 Å². The van der Waals surface area contributed by atoms with Crippen LogP contribution in [0.3, 0.4) is 0 Å². The van der Waals surface area contributed by atoms with Gasteiger partial charge in [-0.2, -0.15) is 8.42 Å².